The fourth-order valence-corrected chi connectivity index (χ4v) is 3.05. The number of esters is 1. The lowest BCUT2D eigenvalue weighted by Gasteiger charge is -2.30. The van der Waals surface area contributed by atoms with Crippen LogP contribution in [0.5, 0.6) is 0 Å². The number of benzene rings is 1. The van der Waals surface area contributed by atoms with E-state index in [1.54, 1.807) is 20.8 Å². The Kier molecular flexibility index (Phi) is 7.92. The predicted molar refractivity (Wildman–Crippen MR) is 114 cm³/mol. The van der Waals surface area contributed by atoms with E-state index in [2.05, 4.69) is 10.3 Å². The van der Waals surface area contributed by atoms with Crippen molar-refractivity contribution in [1.29, 1.82) is 0 Å². The molecule has 11 heteroatoms. The summed E-state index contributed by atoms with van der Waals surface area (Å²) >= 11 is 0. The highest BCUT2D eigenvalue weighted by Crippen LogP contribution is 2.42. The van der Waals surface area contributed by atoms with Crippen molar-refractivity contribution in [2.45, 2.75) is 57.5 Å². The highest BCUT2D eigenvalue weighted by atomic mass is 19.4. The maximum absolute atomic E-state index is 13.8. The summed E-state index contributed by atoms with van der Waals surface area (Å²) in [4.78, 5) is 28.8. The van der Waals surface area contributed by atoms with Crippen molar-refractivity contribution in [3.63, 3.8) is 0 Å². The van der Waals surface area contributed by atoms with Gasteiger partial charge < -0.3 is 19.9 Å². The molecule has 0 bridgehead atoms. The van der Waals surface area contributed by atoms with Crippen molar-refractivity contribution in [2.75, 3.05) is 7.11 Å². The molecule has 2 aromatic rings. The van der Waals surface area contributed by atoms with Crippen LogP contribution >= 0.6 is 0 Å². The van der Waals surface area contributed by atoms with Crippen LogP contribution in [0.2, 0.25) is 0 Å². The number of ether oxygens (including phenoxy) is 2. The van der Waals surface area contributed by atoms with E-state index in [-0.39, 0.29) is 16.8 Å². The van der Waals surface area contributed by atoms with E-state index < -0.39 is 53.4 Å². The van der Waals surface area contributed by atoms with Gasteiger partial charge >= 0.3 is 18.2 Å². The van der Waals surface area contributed by atoms with Gasteiger partial charge in [-0.1, -0.05) is 6.92 Å². The van der Waals surface area contributed by atoms with E-state index in [9.17, 15) is 32.3 Å². The number of carbonyl (C=O) groups excluding carboxylic acids is 2. The third kappa shape index (κ3) is 6.22. The number of amides is 1. The molecule has 2 N–H and O–H groups in total. The van der Waals surface area contributed by atoms with E-state index in [1.165, 1.54) is 18.2 Å². The average Bonchev–Trinajstić information content (AvgIpc) is 2.74. The molecule has 0 radical (unpaired) electrons. The Morgan fingerprint density at radius 2 is 1.71 bits per heavy atom. The van der Waals surface area contributed by atoms with Gasteiger partial charge in [-0.2, -0.15) is 13.2 Å². The Labute approximate surface area is 194 Å². The highest BCUT2D eigenvalue weighted by Gasteiger charge is 2.55. The molecule has 1 heterocycles. The largest absolute Gasteiger partial charge is 0.467 e. The first kappa shape index (κ1) is 27.0. The number of alkyl carbamates (subject to hydrolysis) is 1. The molecule has 0 aliphatic heterocycles. The van der Waals surface area contributed by atoms with Crippen LogP contribution in [0.3, 0.4) is 0 Å². The van der Waals surface area contributed by atoms with Crippen LogP contribution < -0.4 is 5.32 Å². The Hall–Kier alpha value is -3.21. The van der Waals surface area contributed by atoms with Gasteiger partial charge in [0.2, 0.25) is 5.60 Å². The lowest BCUT2D eigenvalue weighted by atomic mass is 9.91. The van der Waals surface area contributed by atoms with Gasteiger partial charge in [0.25, 0.3) is 0 Å². The van der Waals surface area contributed by atoms with Crippen molar-refractivity contribution in [2.24, 2.45) is 0 Å². The Morgan fingerprint density at radius 1 is 1.12 bits per heavy atom. The first-order valence-corrected chi connectivity index (χ1v) is 10.3. The molecule has 7 nitrogen and oxygen atoms in total. The number of hydrogen-bond donors (Lipinski definition) is 2. The molecular formula is C23H26F4N2O5. The van der Waals surface area contributed by atoms with Crippen molar-refractivity contribution in [3.05, 3.63) is 53.5 Å². The van der Waals surface area contributed by atoms with Gasteiger partial charge in [0.1, 0.15) is 11.4 Å². The molecule has 0 fully saturated rings. The van der Waals surface area contributed by atoms with Gasteiger partial charge in [-0.15, -0.1) is 0 Å². The summed E-state index contributed by atoms with van der Waals surface area (Å²) in [6.45, 7) is 5.88. The molecule has 2 rings (SSSR count). The fourth-order valence-electron chi connectivity index (χ4n) is 3.05. The van der Waals surface area contributed by atoms with Crippen LogP contribution in [0.4, 0.5) is 22.4 Å². The number of aromatic nitrogens is 1. The first-order chi connectivity index (χ1) is 15.6. The normalized spacial score (nSPS) is 14.6. The summed E-state index contributed by atoms with van der Waals surface area (Å²) in [7, 11) is 1.03. The quantitative estimate of drug-likeness (QED) is 0.450. The number of methoxy groups -OCH3 is 1. The lowest BCUT2D eigenvalue weighted by molar-refractivity contribution is -0.269. The van der Waals surface area contributed by atoms with Crippen molar-refractivity contribution < 1.29 is 41.7 Å². The lowest BCUT2D eigenvalue weighted by Crippen LogP contribution is -2.43. The van der Waals surface area contributed by atoms with Crippen molar-refractivity contribution >= 4 is 12.1 Å². The van der Waals surface area contributed by atoms with E-state index >= 15 is 0 Å². The second-order valence-corrected chi connectivity index (χ2v) is 8.49. The van der Waals surface area contributed by atoms with Crippen LogP contribution in [-0.4, -0.2) is 41.0 Å². The molecule has 0 aliphatic carbocycles. The SMILES string of the molecule is CCC(O)(c1cc(C(NC(=O)OC(C)(C)C)C(=O)OC)cc(-c2ccc(F)cc2)n1)C(F)(F)F. The first-order valence-electron chi connectivity index (χ1n) is 10.3. The molecule has 34 heavy (non-hydrogen) atoms. The van der Waals surface area contributed by atoms with E-state index in [0.29, 0.717) is 0 Å². The molecule has 0 aliphatic rings. The van der Waals surface area contributed by atoms with Gasteiger partial charge in [0.15, 0.2) is 6.04 Å². The molecule has 1 aromatic carbocycles. The molecule has 2 atom stereocenters. The third-order valence-electron chi connectivity index (χ3n) is 4.82. The molecule has 186 valence electrons. The average molecular weight is 486 g/mol. The van der Waals surface area contributed by atoms with Crippen LogP contribution in [0.25, 0.3) is 11.3 Å². The van der Waals surface area contributed by atoms with Gasteiger partial charge in [0, 0.05) is 5.56 Å². The Morgan fingerprint density at radius 3 is 2.18 bits per heavy atom. The van der Waals surface area contributed by atoms with Crippen LogP contribution in [0.1, 0.15) is 51.4 Å². The molecule has 1 amide bonds. The minimum absolute atomic E-state index is 0.0940. The molecule has 0 saturated heterocycles. The standard InChI is InChI=1S/C23H26F4N2O5/c1-6-22(32,23(25,26)27)17-12-14(11-16(28-17)13-7-9-15(24)10-8-13)18(19(30)33-5)29-20(31)34-21(2,3)4/h7-12,18,32H,6H2,1-5H3,(H,29,31). The number of hydrogen-bond acceptors (Lipinski definition) is 6. The fraction of sp³-hybridized carbons (Fsp3) is 0.435. The summed E-state index contributed by atoms with van der Waals surface area (Å²) in [5.41, 5.74) is -5.12. The summed E-state index contributed by atoms with van der Waals surface area (Å²) < 4.78 is 64.7. The van der Waals surface area contributed by atoms with E-state index in [1.807, 2.05) is 0 Å². The van der Waals surface area contributed by atoms with Crippen molar-refractivity contribution in [3.8, 4) is 11.3 Å². The zero-order valence-corrected chi connectivity index (χ0v) is 19.3. The van der Waals surface area contributed by atoms with Gasteiger partial charge in [-0.25, -0.2) is 19.0 Å². The molecule has 2 unspecified atom stereocenters. The Bertz CT molecular complexity index is 1040. The van der Waals surface area contributed by atoms with E-state index in [4.69, 9.17) is 9.47 Å². The number of rotatable bonds is 6. The maximum atomic E-state index is 13.8. The Balaban J connectivity index is 2.72. The minimum Gasteiger partial charge on any atom is -0.467 e. The number of pyridine rings is 1. The number of halogens is 4. The highest BCUT2D eigenvalue weighted by molar-refractivity contribution is 5.83. The molecule has 1 aromatic heterocycles. The number of alkyl halides is 3. The number of carbonyl (C=O) groups is 2. The smallest absolute Gasteiger partial charge is 0.422 e. The molecule has 0 saturated carbocycles. The van der Waals surface area contributed by atoms with Crippen LogP contribution in [0, 0.1) is 5.82 Å². The number of aliphatic hydroxyl groups is 1. The topological polar surface area (TPSA) is 97.8 Å². The predicted octanol–water partition coefficient (Wildman–Crippen LogP) is 4.79. The van der Waals surface area contributed by atoms with Gasteiger partial charge in [-0.3, -0.25) is 0 Å². The zero-order chi connectivity index (χ0) is 25.9. The van der Waals surface area contributed by atoms with E-state index in [0.717, 1.165) is 32.2 Å². The number of nitrogens with zero attached hydrogens (tertiary/aromatic N) is 1. The second kappa shape index (κ2) is 9.96. The zero-order valence-electron chi connectivity index (χ0n) is 19.3. The van der Waals surface area contributed by atoms with Crippen LogP contribution in [-0.2, 0) is 19.9 Å². The monoisotopic (exact) mass is 486 g/mol. The second-order valence-electron chi connectivity index (χ2n) is 8.49. The minimum atomic E-state index is -5.10. The summed E-state index contributed by atoms with van der Waals surface area (Å²) in [5.74, 6) is -1.58. The third-order valence-corrected chi connectivity index (χ3v) is 4.82. The van der Waals surface area contributed by atoms with Crippen molar-refractivity contribution in [1.82, 2.24) is 10.3 Å². The van der Waals surface area contributed by atoms with Crippen LogP contribution in [0.15, 0.2) is 36.4 Å². The van der Waals surface area contributed by atoms with Gasteiger partial charge in [-0.05, 0) is 69.2 Å². The summed E-state index contributed by atoms with van der Waals surface area (Å²) in [6, 6.07) is 5.23. The molecule has 0 spiro atoms. The number of nitrogens with one attached hydrogen (secondary N) is 1. The molecular weight excluding hydrogens is 460 g/mol. The van der Waals surface area contributed by atoms with Gasteiger partial charge in [0.05, 0.1) is 18.5 Å². The maximum Gasteiger partial charge on any atom is 0.422 e. The summed E-state index contributed by atoms with van der Waals surface area (Å²) in [6.07, 6.45) is -6.91. The summed E-state index contributed by atoms with van der Waals surface area (Å²) in [5, 5.41) is 12.8.